The zero-order chi connectivity index (χ0) is 13.3. The lowest BCUT2D eigenvalue weighted by molar-refractivity contribution is 0.226. The van der Waals surface area contributed by atoms with Crippen molar-refractivity contribution in [3.63, 3.8) is 0 Å². The van der Waals surface area contributed by atoms with E-state index in [1.165, 1.54) is 0 Å². The molecule has 1 aliphatic rings. The quantitative estimate of drug-likeness (QED) is 0.923. The normalized spacial score (nSPS) is 23.8. The lowest BCUT2D eigenvalue weighted by Crippen LogP contribution is -2.19. The second kappa shape index (κ2) is 5.07. The topological polar surface area (TPSA) is 69.4 Å². The van der Waals surface area contributed by atoms with Crippen molar-refractivity contribution in [3.05, 3.63) is 28.8 Å². The Morgan fingerprint density at radius 3 is 2.78 bits per heavy atom. The highest BCUT2D eigenvalue weighted by molar-refractivity contribution is 7.91. The zero-order valence-corrected chi connectivity index (χ0v) is 11.7. The molecule has 0 spiro atoms. The van der Waals surface area contributed by atoms with E-state index in [1.807, 2.05) is 6.92 Å². The molecule has 1 saturated heterocycles. The van der Waals surface area contributed by atoms with Gasteiger partial charge in [-0.05, 0) is 31.5 Å². The van der Waals surface area contributed by atoms with E-state index in [-0.39, 0.29) is 23.7 Å². The first-order chi connectivity index (χ1) is 8.37. The Kier molecular flexibility index (Phi) is 3.84. The maximum atomic E-state index is 11.4. The molecule has 0 radical (unpaired) electrons. The Morgan fingerprint density at radius 2 is 2.22 bits per heavy atom. The molecule has 0 bridgehead atoms. The van der Waals surface area contributed by atoms with E-state index >= 15 is 0 Å². The number of benzene rings is 1. The van der Waals surface area contributed by atoms with Gasteiger partial charge in [-0.3, -0.25) is 0 Å². The first-order valence-electron chi connectivity index (χ1n) is 5.79. The van der Waals surface area contributed by atoms with Crippen LogP contribution in [0.5, 0.6) is 5.75 Å². The maximum absolute atomic E-state index is 11.4. The van der Waals surface area contributed by atoms with Crippen LogP contribution >= 0.6 is 11.6 Å². The van der Waals surface area contributed by atoms with Crippen molar-refractivity contribution in [1.82, 2.24) is 0 Å². The molecule has 1 aromatic rings. The molecule has 1 fully saturated rings. The number of hydrogen-bond donors (Lipinski definition) is 1. The molecule has 1 heterocycles. The molecule has 0 amide bonds. The van der Waals surface area contributed by atoms with Gasteiger partial charge in [-0.25, -0.2) is 8.42 Å². The lowest BCUT2D eigenvalue weighted by atomic mass is 10.1. The van der Waals surface area contributed by atoms with Crippen LogP contribution in [0.2, 0.25) is 5.02 Å². The first kappa shape index (κ1) is 13.6. The second-order valence-corrected chi connectivity index (χ2v) is 7.28. The SMILES string of the molecule is CC(N)c1cc(Cl)ccc1OC1CCS(=O)(=O)C1. The van der Waals surface area contributed by atoms with E-state index in [9.17, 15) is 8.42 Å². The van der Waals surface area contributed by atoms with E-state index in [0.29, 0.717) is 17.2 Å². The minimum absolute atomic E-state index is 0.0774. The Bertz CT molecular complexity index is 542. The van der Waals surface area contributed by atoms with Crippen molar-refractivity contribution in [1.29, 1.82) is 0 Å². The molecule has 0 aromatic heterocycles. The molecule has 100 valence electrons. The van der Waals surface area contributed by atoms with Gasteiger partial charge < -0.3 is 10.5 Å². The predicted octanol–water partition coefficient (Wildman–Crippen LogP) is 1.93. The average molecular weight is 290 g/mol. The third-order valence-corrected chi connectivity index (χ3v) is 4.92. The number of nitrogens with two attached hydrogens (primary N) is 1. The molecule has 2 rings (SSSR count). The monoisotopic (exact) mass is 289 g/mol. The highest BCUT2D eigenvalue weighted by atomic mass is 35.5. The molecule has 1 aliphatic heterocycles. The predicted molar refractivity (Wildman–Crippen MR) is 71.7 cm³/mol. The van der Waals surface area contributed by atoms with Crippen molar-refractivity contribution in [2.75, 3.05) is 11.5 Å². The van der Waals surface area contributed by atoms with Crippen LogP contribution in [0.25, 0.3) is 0 Å². The molecule has 1 aromatic carbocycles. The summed E-state index contributed by atoms with van der Waals surface area (Å²) in [6.07, 6.45) is 0.247. The fourth-order valence-electron chi connectivity index (χ4n) is 2.02. The van der Waals surface area contributed by atoms with Crippen molar-refractivity contribution in [3.8, 4) is 5.75 Å². The molecule has 2 N–H and O–H groups in total. The Labute approximate surface area is 112 Å². The van der Waals surface area contributed by atoms with Crippen LogP contribution in [0.15, 0.2) is 18.2 Å². The summed E-state index contributed by atoms with van der Waals surface area (Å²) in [6.45, 7) is 1.84. The molecular weight excluding hydrogens is 274 g/mol. The number of rotatable bonds is 3. The van der Waals surface area contributed by atoms with Gasteiger partial charge >= 0.3 is 0 Å². The summed E-state index contributed by atoms with van der Waals surface area (Å²) in [5.41, 5.74) is 6.65. The average Bonchev–Trinajstić information content (AvgIpc) is 2.60. The van der Waals surface area contributed by atoms with Crippen LogP contribution in [-0.4, -0.2) is 26.0 Å². The largest absolute Gasteiger partial charge is 0.489 e. The Balaban J connectivity index is 2.19. The van der Waals surface area contributed by atoms with Gasteiger partial charge in [0.1, 0.15) is 11.9 Å². The highest BCUT2D eigenvalue weighted by Crippen LogP contribution is 2.29. The molecule has 2 unspecified atom stereocenters. The molecule has 6 heteroatoms. The van der Waals surface area contributed by atoms with Crippen LogP contribution in [-0.2, 0) is 9.84 Å². The number of halogens is 1. The molecule has 2 atom stereocenters. The summed E-state index contributed by atoms with van der Waals surface area (Å²) in [6, 6.07) is 5.00. The van der Waals surface area contributed by atoms with E-state index in [0.717, 1.165) is 5.56 Å². The van der Waals surface area contributed by atoms with E-state index in [4.69, 9.17) is 22.1 Å². The van der Waals surface area contributed by atoms with Gasteiger partial charge in [0.05, 0.1) is 11.5 Å². The van der Waals surface area contributed by atoms with Gasteiger partial charge in [-0.1, -0.05) is 11.6 Å². The summed E-state index contributed by atoms with van der Waals surface area (Å²) >= 11 is 5.92. The summed E-state index contributed by atoms with van der Waals surface area (Å²) in [7, 11) is -2.94. The van der Waals surface area contributed by atoms with Crippen LogP contribution in [0, 0.1) is 0 Å². The van der Waals surface area contributed by atoms with Crippen molar-refractivity contribution in [2.24, 2.45) is 5.73 Å². The maximum Gasteiger partial charge on any atom is 0.154 e. The molecule has 0 saturated carbocycles. The molecular formula is C12H16ClNO3S. The van der Waals surface area contributed by atoms with E-state index in [1.54, 1.807) is 18.2 Å². The van der Waals surface area contributed by atoms with Gasteiger partial charge in [0.15, 0.2) is 9.84 Å². The second-order valence-electron chi connectivity index (χ2n) is 4.61. The zero-order valence-electron chi connectivity index (χ0n) is 10.1. The summed E-state index contributed by atoms with van der Waals surface area (Å²) in [4.78, 5) is 0. The minimum Gasteiger partial charge on any atom is -0.489 e. The van der Waals surface area contributed by atoms with Gasteiger partial charge in [-0.2, -0.15) is 0 Å². The lowest BCUT2D eigenvalue weighted by Gasteiger charge is -2.17. The number of ether oxygens (including phenoxy) is 1. The Morgan fingerprint density at radius 1 is 1.50 bits per heavy atom. The van der Waals surface area contributed by atoms with Crippen LogP contribution in [0.3, 0.4) is 0 Å². The fourth-order valence-corrected chi connectivity index (χ4v) is 3.79. The standard InChI is InChI=1S/C12H16ClNO3S/c1-8(14)11-6-9(13)2-3-12(11)17-10-4-5-18(15,16)7-10/h2-3,6,8,10H,4-5,7,14H2,1H3. The minimum atomic E-state index is -2.94. The first-order valence-corrected chi connectivity index (χ1v) is 7.99. The Hall–Kier alpha value is -0.780. The van der Waals surface area contributed by atoms with Gasteiger partial charge in [0.25, 0.3) is 0 Å². The summed E-state index contributed by atoms with van der Waals surface area (Å²) in [5, 5.41) is 0.591. The summed E-state index contributed by atoms with van der Waals surface area (Å²) < 4.78 is 28.5. The van der Waals surface area contributed by atoms with E-state index < -0.39 is 9.84 Å². The van der Waals surface area contributed by atoms with Gasteiger partial charge in [0, 0.05) is 16.6 Å². The van der Waals surface area contributed by atoms with Crippen molar-refractivity contribution >= 4 is 21.4 Å². The van der Waals surface area contributed by atoms with Crippen LogP contribution in [0.4, 0.5) is 0 Å². The van der Waals surface area contributed by atoms with Gasteiger partial charge in [-0.15, -0.1) is 0 Å². The highest BCUT2D eigenvalue weighted by Gasteiger charge is 2.30. The summed E-state index contributed by atoms with van der Waals surface area (Å²) in [5.74, 6) is 0.892. The third-order valence-electron chi connectivity index (χ3n) is 2.95. The number of hydrogen-bond acceptors (Lipinski definition) is 4. The molecule has 18 heavy (non-hydrogen) atoms. The third kappa shape index (κ3) is 3.16. The smallest absolute Gasteiger partial charge is 0.154 e. The van der Waals surface area contributed by atoms with Crippen LogP contribution < -0.4 is 10.5 Å². The van der Waals surface area contributed by atoms with Gasteiger partial charge in [0.2, 0.25) is 0 Å². The van der Waals surface area contributed by atoms with E-state index in [2.05, 4.69) is 0 Å². The number of sulfone groups is 1. The fraction of sp³-hybridized carbons (Fsp3) is 0.500. The van der Waals surface area contributed by atoms with Crippen molar-refractivity contribution in [2.45, 2.75) is 25.5 Å². The molecule has 0 aliphatic carbocycles. The van der Waals surface area contributed by atoms with Crippen LogP contribution in [0.1, 0.15) is 24.9 Å². The molecule has 4 nitrogen and oxygen atoms in total. The van der Waals surface area contributed by atoms with Crippen molar-refractivity contribution < 1.29 is 13.2 Å².